The summed E-state index contributed by atoms with van der Waals surface area (Å²) >= 11 is 0. The molecular formula is C23H20F3N5O7. The third-order valence-electron chi connectivity index (χ3n) is 5.19. The lowest BCUT2D eigenvalue weighted by Gasteiger charge is -2.14. The quantitative estimate of drug-likeness (QED) is 0.225. The second-order valence-corrected chi connectivity index (χ2v) is 7.64. The highest BCUT2D eigenvalue weighted by atomic mass is 19.4. The summed E-state index contributed by atoms with van der Waals surface area (Å²) in [6.07, 6.45) is -5.34. The molecule has 2 heterocycles. The highest BCUT2D eigenvalue weighted by Gasteiger charge is 2.42. The molecule has 0 amide bonds. The molecule has 0 saturated carbocycles. The van der Waals surface area contributed by atoms with Crippen LogP contribution in [0.1, 0.15) is 5.69 Å². The molecule has 0 spiro atoms. The first-order valence-corrected chi connectivity index (χ1v) is 10.8. The summed E-state index contributed by atoms with van der Waals surface area (Å²) in [4.78, 5) is 39.7. The van der Waals surface area contributed by atoms with Crippen molar-refractivity contribution in [1.82, 2.24) is 19.9 Å². The van der Waals surface area contributed by atoms with E-state index in [0.717, 1.165) is 6.07 Å². The summed E-state index contributed by atoms with van der Waals surface area (Å²) < 4.78 is 58.8. The molecule has 0 aliphatic carbocycles. The number of fused-ring (bicyclic) bond motifs is 2. The standard InChI is InChI=1S/C23H20F3N5O7/c1-10-11-8-15(35-2)16(36-3)9-13(11)29-21(27-10)31-22-28-12-4-5-14(37-7-6-32)18(17(12)19(33)30-22)38-20(34)23(24,25)26/h4-5,8-9,32H,6-7H2,1-3H3,(H2,27,28,29,30,31,33). The summed E-state index contributed by atoms with van der Waals surface area (Å²) in [5.41, 5.74) is -0.0104. The van der Waals surface area contributed by atoms with E-state index in [1.807, 2.05) is 0 Å². The Morgan fingerprint density at radius 1 is 1.05 bits per heavy atom. The van der Waals surface area contributed by atoms with Gasteiger partial charge in [0.25, 0.3) is 5.56 Å². The molecule has 0 atom stereocenters. The minimum Gasteiger partial charge on any atom is -0.493 e. The number of nitrogens with zero attached hydrogens (tertiary/aromatic N) is 3. The van der Waals surface area contributed by atoms with Gasteiger partial charge in [0.2, 0.25) is 11.9 Å². The number of carbonyl (C=O) groups excluding carboxylic acids is 1. The van der Waals surface area contributed by atoms with Gasteiger partial charge in [-0.3, -0.25) is 15.1 Å². The number of hydrogen-bond donors (Lipinski definition) is 3. The fourth-order valence-corrected chi connectivity index (χ4v) is 3.54. The molecule has 38 heavy (non-hydrogen) atoms. The predicted molar refractivity (Wildman–Crippen MR) is 127 cm³/mol. The van der Waals surface area contributed by atoms with Crippen molar-refractivity contribution in [1.29, 1.82) is 0 Å². The fourth-order valence-electron chi connectivity index (χ4n) is 3.54. The van der Waals surface area contributed by atoms with E-state index in [1.165, 1.54) is 20.3 Å². The van der Waals surface area contributed by atoms with Crippen molar-refractivity contribution in [3.63, 3.8) is 0 Å². The van der Waals surface area contributed by atoms with Crippen LogP contribution in [0, 0.1) is 6.92 Å². The molecule has 4 rings (SSSR count). The van der Waals surface area contributed by atoms with Crippen LogP contribution in [0.2, 0.25) is 0 Å². The number of rotatable bonds is 8. The van der Waals surface area contributed by atoms with E-state index in [2.05, 4.69) is 30.0 Å². The molecule has 0 aliphatic rings. The summed E-state index contributed by atoms with van der Waals surface area (Å²) in [7, 11) is 2.97. The number of ether oxygens (including phenoxy) is 4. The van der Waals surface area contributed by atoms with Crippen LogP contribution in [0.5, 0.6) is 23.0 Å². The molecule has 0 fully saturated rings. The largest absolute Gasteiger partial charge is 0.493 e. The van der Waals surface area contributed by atoms with Gasteiger partial charge >= 0.3 is 12.1 Å². The lowest BCUT2D eigenvalue weighted by Crippen LogP contribution is -2.29. The molecule has 0 aliphatic heterocycles. The van der Waals surface area contributed by atoms with Gasteiger partial charge < -0.3 is 24.1 Å². The number of anilines is 2. The van der Waals surface area contributed by atoms with Gasteiger partial charge in [0.1, 0.15) is 12.0 Å². The number of esters is 1. The molecule has 15 heteroatoms. The number of methoxy groups -OCH3 is 2. The highest BCUT2D eigenvalue weighted by molar-refractivity contribution is 5.91. The summed E-state index contributed by atoms with van der Waals surface area (Å²) in [6.45, 7) is 0.918. The van der Waals surface area contributed by atoms with E-state index in [9.17, 15) is 22.8 Å². The first-order chi connectivity index (χ1) is 18.0. The Balaban J connectivity index is 1.77. The SMILES string of the molecule is COc1cc2nc(Nc3nc4ccc(OCCO)c(OC(=O)C(F)(F)F)c4c(=O)[nH]3)nc(C)c2cc1OC. The van der Waals surface area contributed by atoms with Crippen molar-refractivity contribution in [2.24, 2.45) is 0 Å². The number of carbonyl (C=O) groups is 1. The molecule has 0 bridgehead atoms. The Morgan fingerprint density at radius 3 is 2.42 bits per heavy atom. The molecule has 0 unspecified atom stereocenters. The Morgan fingerprint density at radius 2 is 1.76 bits per heavy atom. The number of halogens is 3. The highest BCUT2D eigenvalue weighted by Crippen LogP contribution is 2.36. The minimum absolute atomic E-state index is 0.0522. The van der Waals surface area contributed by atoms with E-state index < -0.39 is 35.4 Å². The number of alkyl halides is 3. The second kappa shape index (κ2) is 10.4. The zero-order chi connectivity index (χ0) is 27.6. The number of hydrogen-bond acceptors (Lipinski definition) is 11. The number of aromatic amines is 1. The van der Waals surface area contributed by atoms with Crippen molar-refractivity contribution in [2.45, 2.75) is 13.1 Å². The van der Waals surface area contributed by atoms with Crippen LogP contribution >= 0.6 is 0 Å². The van der Waals surface area contributed by atoms with E-state index in [0.29, 0.717) is 28.1 Å². The molecular weight excluding hydrogens is 515 g/mol. The second-order valence-electron chi connectivity index (χ2n) is 7.64. The van der Waals surface area contributed by atoms with Crippen LogP contribution in [0.4, 0.5) is 25.1 Å². The lowest BCUT2D eigenvalue weighted by molar-refractivity contribution is -0.189. The molecule has 12 nitrogen and oxygen atoms in total. The van der Waals surface area contributed by atoms with Gasteiger partial charge in [-0.25, -0.2) is 19.7 Å². The van der Waals surface area contributed by atoms with Crippen molar-refractivity contribution < 1.29 is 42.0 Å². The molecule has 4 aromatic rings. The molecule has 0 saturated heterocycles. The van der Waals surface area contributed by atoms with Crippen molar-refractivity contribution in [3.05, 3.63) is 40.3 Å². The Bertz CT molecular complexity index is 1590. The van der Waals surface area contributed by atoms with E-state index in [1.54, 1.807) is 19.1 Å². The van der Waals surface area contributed by atoms with Gasteiger partial charge in [-0.1, -0.05) is 0 Å². The van der Waals surface area contributed by atoms with Crippen LogP contribution in [0.15, 0.2) is 29.1 Å². The maximum Gasteiger partial charge on any atom is 0.491 e. The Kier molecular flexibility index (Phi) is 7.21. The third kappa shape index (κ3) is 5.22. The van der Waals surface area contributed by atoms with Gasteiger partial charge in [-0.2, -0.15) is 13.2 Å². The van der Waals surface area contributed by atoms with Crippen LogP contribution in [0.3, 0.4) is 0 Å². The minimum atomic E-state index is -5.34. The average molecular weight is 535 g/mol. The first-order valence-electron chi connectivity index (χ1n) is 10.8. The van der Waals surface area contributed by atoms with Gasteiger partial charge in [0.05, 0.1) is 37.6 Å². The van der Waals surface area contributed by atoms with Crippen molar-refractivity contribution in [2.75, 3.05) is 32.8 Å². The van der Waals surface area contributed by atoms with Crippen LogP contribution in [0.25, 0.3) is 21.8 Å². The van der Waals surface area contributed by atoms with E-state index >= 15 is 0 Å². The van der Waals surface area contributed by atoms with Gasteiger partial charge in [0, 0.05) is 11.5 Å². The van der Waals surface area contributed by atoms with Gasteiger partial charge in [-0.05, 0) is 25.1 Å². The Labute approximate surface area is 211 Å². The van der Waals surface area contributed by atoms with E-state index in [4.69, 9.17) is 19.3 Å². The number of aromatic nitrogens is 4. The lowest BCUT2D eigenvalue weighted by atomic mass is 10.1. The zero-order valence-corrected chi connectivity index (χ0v) is 20.1. The average Bonchev–Trinajstić information content (AvgIpc) is 2.86. The smallest absolute Gasteiger partial charge is 0.491 e. The monoisotopic (exact) mass is 535 g/mol. The maximum atomic E-state index is 12.9. The first kappa shape index (κ1) is 26.4. The predicted octanol–water partition coefficient (Wildman–Crippen LogP) is 2.77. The van der Waals surface area contributed by atoms with Crippen LogP contribution in [-0.2, 0) is 4.79 Å². The van der Waals surface area contributed by atoms with Gasteiger partial charge in [-0.15, -0.1) is 0 Å². The number of H-pyrrole nitrogens is 1. The summed E-state index contributed by atoms with van der Waals surface area (Å²) in [5.74, 6) is -2.89. The topological polar surface area (TPSA) is 158 Å². The Hall–Kier alpha value is -4.66. The normalized spacial score (nSPS) is 11.4. The molecule has 2 aromatic carbocycles. The molecule has 2 aromatic heterocycles. The maximum absolute atomic E-state index is 12.9. The number of aliphatic hydroxyl groups is 1. The molecule has 0 radical (unpaired) electrons. The third-order valence-corrected chi connectivity index (χ3v) is 5.19. The van der Waals surface area contributed by atoms with E-state index in [-0.39, 0.29) is 29.8 Å². The number of aliphatic hydroxyl groups excluding tert-OH is 1. The zero-order valence-electron chi connectivity index (χ0n) is 20.1. The molecule has 3 N–H and O–H groups in total. The van der Waals surface area contributed by atoms with Crippen LogP contribution < -0.4 is 29.8 Å². The fraction of sp³-hybridized carbons (Fsp3) is 0.261. The summed E-state index contributed by atoms with van der Waals surface area (Å²) in [5, 5.41) is 11.9. The van der Waals surface area contributed by atoms with Gasteiger partial charge in [0.15, 0.2) is 23.0 Å². The van der Waals surface area contributed by atoms with Crippen LogP contribution in [-0.4, -0.2) is 64.6 Å². The molecule has 200 valence electrons. The summed E-state index contributed by atoms with van der Waals surface area (Å²) in [6, 6.07) is 5.78. The van der Waals surface area contributed by atoms with Crippen molar-refractivity contribution in [3.8, 4) is 23.0 Å². The number of nitrogens with one attached hydrogen (secondary N) is 2. The number of benzene rings is 2. The van der Waals surface area contributed by atoms with Crippen molar-refractivity contribution >= 4 is 39.7 Å². The number of aryl methyl sites for hydroxylation is 1.